The predicted molar refractivity (Wildman–Crippen MR) is 114 cm³/mol. The van der Waals surface area contributed by atoms with Gasteiger partial charge in [0.1, 0.15) is 5.75 Å². The lowest BCUT2D eigenvalue weighted by molar-refractivity contribution is -0.117. The molecule has 1 atom stereocenters. The van der Waals surface area contributed by atoms with E-state index in [4.69, 9.17) is 4.74 Å². The summed E-state index contributed by atoms with van der Waals surface area (Å²) < 4.78 is 6.88. The van der Waals surface area contributed by atoms with E-state index >= 15 is 0 Å². The second-order valence-corrected chi connectivity index (χ2v) is 8.22. The maximum atomic E-state index is 12.4. The number of hydrogen-bond acceptors (Lipinski definition) is 8. The molecule has 0 radical (unpaired) electrons. The Kier molecular flexibility index (Phi) is 7.15. The molecule has 154 valence electrons. The van der Waals surface area contributed by atoms with Crippen molar-refractivity contribution in [3.8, 4) is 5.75 Å². The van der Waals surface area contributed by atoms with Crippen molar-refractivity contribution in [1.29, 1.82) is 0 Å². The number of carbonyl (C=O) groups is 2. The van der Waals surface area contributed by atoms with Gasteiger partial charge in [-0.1, -0.05) is 23.5 Å². The number of hydrogen-bond donors (Lipinski definition) is 2. The summed E-state index contributed by atoms with van der Waals surface area (Å²) in [4.78, 5) is 28.7. The van der Waals surface area contributed by atoms with Crippen molar-refractivity contribution in [2.75, 3.05) is 25.2 Å². The first kappa shape index (κ1) is 21.2. The summed E-state index contributed by atoms with van der Waals surface area (Å²) in [6.45, 7) is 2.57. The lowest BCUT2D eigenvalue weighted by atomic mass is 10.2. The highest BCUT2D eigenvalue weighted by molar-refractivity contribution is 8.14. The van der Waals surface area contributed by atoms with Gasteiger partial charge in [0, 0.05) is 18.4 Å². The lowest BCUT2D eigenvalue weighted by Crippen LogP contribution is -2.29. The van der Waals surface area contributed by atoms with Crippen molar-refractivity contribution >= 4 is 40.5 Å². The fourth-order valence-electron chi connectivity index (χ4n) is 2.61. The molecular formula is C18H22N6O3S2. The number of carbonyl (C=O) groups excluding carboxylic acids is 2. The number of benzene rings is 1. The molecule has 2 heterocycles. The smallest absolute Gasteiger partial charge is 0.251 e. The predicted octanol–water partition coefficient (Wildman–Crippen LogP) is 1.63. The molecule has 0 bridgehead atoms. The maximum Gasteiger partial charge on any atom is 0.251 e. The normalized spacial score (nSPS) is 14.2. The number of aromatic nitrogens is 3. The summed E-state index contributed by atoms with van der Waals surface area (Å²) in [5.41, 5.74) is 0.527. The van der Waals surface area contributed by atoms with Crippen molar-refractivity contribution in [1.82, 2.24) is 25.4 Å². The second kappa shape index (κ2) is 9.79. The zero-order valence-electron chi connectivity index (χ0n) is 16.3. The van der Waals surface area contributed by atoms with Crippen LogP contribution in [0.25, 0.3) is 0 Å². The van der Waals surface area contributed by atoms with Gasteiger partial charge >= 0.3 is 0 Å². The summed E-state index contributed by atoms with van der Waals surface area (Å²) >= 11 is 2.82. The molecule has 2 N–H and O–H groups in total. The maximum absolute atomic E-state index is 12.4. The molecule has 11 heteroatoms. The van der Waals surface area contributed by atoms with Crippen LogP contribution in [0.2, 0.25) is 0 Å². The topological polar surface area (TPSA) is 110 Å². The van der Waals surface area contributed by atoms with Gasteiger partial charge < -0.3 is 19.9 Å². The van der Waals surface area contributed by atoms with Gasteiger partial charge in [0.05, 0.1) is 25.4 Å². The minimum Gasteiger partial charge on any atom is -0.497 e. The number of thioether (sulfide) groups is 2. The standard InChI is InChI=1S/C18H22N6O3S2/c1-11(20-16(26)12-4-6-13(27-3)7-5-12)15-22-23-18(24(15)2)29-10-14(25)21-17-19-8-9-28-17/h4-7,11H,8-10H2,1-3H3,(H,20,26)(H,19,21,25)/t11-/m1/s1. The minimum absolute atomic E-state index is 0.131. The van der Waals surface area contributed by atoms with Gasteiger partial charge in [-0.15, -0.1) is 10.2 Å². The highest BCUT2D eigenvalue weighted by Gasteiger charge is 2.19. The summed E-state index contributed by atoms with van der Waals surface area (Å²) in [7, 11) is 3.38. The van der Waals surface area contributed by atoms with Gasteiger partial charge in [0.15, 0.2) is 16.1 Å². The average molecular weight is 435 g/mol. The van der Waals surface area contributed by atoms with Gasteiger partial charge in [0.2, 0.25) is 5.91 Å². The van der Waals surface area contributed by atoms with Crippen molar-refractivity contribution in [3.63, 3.8) is 0 Å². The molecule has 2 aromatic rings. The molecule has 0 unspecified atom stereocenters. The molecule has 0 saturated heterocycles. The largest absolute Gasteiger partial charge is 0.497 e. The molecule has 1 aliphatic heterocycles. The first-order valence-corrected chi connectivity index (χ1v) is 10.9. The lowest BCUT2D eigenvalue weighted by Gasteiger charge is -2.14. The van der Waals surface area contributed by atoms with E-state index in [-0.39, 0.29) is 23.6 Å². The Balaban J connectivity index is 1.55. The summed E-state index contributed by atoms with van der Waals surface area (Å²) in [6, 6.07) is 6.51. The minimum atomic E-state index is -0.352. The molecule has 0 spiro atoms. The van der Waals surface area contributed by atoms with Crippen LogP contribution in [0.15, 0.2) is 34.4 Å². The molecule has 1 aliphatic rings. The molecule has 9 nitrogen and oxygen atoms in total. The zero-order chi connectivity index (χ0) is 20.8. The van der Waals surface area contributed by atoms with Crippen LogP contribution < -0.4 is 15.4 Å². The van der Waals surface area contributed by atoms with Crippen molar-refractivity contribution in [2.24, 2.45) is 12.0 Å². The molecular weight excluding hydrogens is 412 g/mol. The molecule has 0 fully saturated rings. The van der Waals surface area contributed by atoms with Crippen LogP contribution in [0, 0.1) is 0 Å². The van der Waals surface area contributed by atoms with Crippen molar-refractivity contribution in [2.45, 2.75) is 18.1 Å². The van der Waals surface area contributed by atoms with Crippen LogP contribution in [-0.2, 0) is 11.8 Å². The van der Waals surface area contributed by atoms with Crippen molar-refractivity contribution in [3.05, 3.63) is 35.7 Å². The van der Waals surface area contributed by atoms with E-state index in [1.54, 1.807) is 35.9 Å². The molecule has 0 aliphatic carbocycles. The summed E-state index contributed by atoms with van der Waals surface area (Å²) in [6.07, 6.45) is 0. The van der Waals surface area contributed by atoms with Gasteiger partial charge in [-0.05, 0) is 31.2 Å². The third kappa shape index (κ3) is 5.51. The SMILES string of the molecule is COc1ccc(C(=O)N[C@H](C)c2nnc(SCC(=O)NC3=NCCS3)n2C)cc1. The zero-order valence-corrected chi connectivity index (χ0v) is 18.0. The number of amidine groups is 1. The van der Waals surface area contributed by atoms with E-state index < -0.39 is 0 Å². The first-order valence-electron chi connectivity index (χ1n) is 8.92. The van der Waals surface area contributed by atoms with E-state index in [1.807, 2.05) is 14.0 Å². The van der Waals surface area contributed by atoms with Gasteiger partial charge in [0.25, 0.3) is 5.91 Å². The quantitative estimate of drug-likeness (QED) is 0.637. The summed E-state index contributed by atoms with van der Waals surface area (Å²) in [5, 5.41) is 15.3. The average Bonchev–Trinajstić information content (AvgIpc) is 3.36. The van der Waals surface area contributed by atoms with Crippen LogP contribution in [0.5, 0.6) is 5.75 Å². The third-order valence-electron chi connectivity index (χ3n) is 4.12. The number of aliphatic imine (C=N–C) groups is 1. The number of nitrogens with one attached hydrogen (secondary N) is 2. The monoisotopic (exact) mass is 434 g/mol. The fraction of sp³-hybridized carbons (Fsp3) is 0.389. The fourth-order valence-corrected chi connectivity index (χ4v) is 4.07. The molecule has 29 heavy (non-hydrogen) atoms. The molecule has 0 saturated carbocycles. The van der Waals surface area contributed by atoms with Crippen LogP contribution >= 0.6 is 23.5 Å². The Morgan fingerprint density at radius 2 is 2.07 bits per heavy atom. The van der Waals surface area contributed by atoms with Crippen molar-refractivity contribution < 1.29 is 14.3 Å². The van der Waals surface area contributed by atoms with Crippen LogP contribution in [0.4, 0.5) is 0 Å². The first-order chi connectivity index (χ1) is 14.0. The molecule has 2 amide bonds. The molecule has 1 aromatic heterocycles. The van der Waals surface area contributed by atoms with Crippen LogP contribution in [0.3, 0.4) is 0 Å². The van der Waals surface area contributed by atoms with E-state index in [9.17, 15) is 9.59 Å². The highest BCUT2D eigenvalue weighted by Crippen LogP contribution is 2.20. The van der Waals surface area contributed by atoms with E-state index in [0.717, 1.165) is 12.3 Å². The Morgan fingerprint density at radius 3 is 2.72 bits per heavy atom. The number of methoxy groups -OCH3 is 1. The van der Waals surface area contributed by atoms with Crippen LogP contribution in [-0.4, -0.2) is 56.9 Å². The van der Waals surface area contributed by atoms with E-state index in [1.165, 1.54) is 23.5 Å². The van der Waals surface area contributed by atoms with Crippen LogP contribution in [0.1, 0.15) is 29.1 Å². The number of ether oxygens (including phenoxy) is 1. The number of rotatable bonds is 7. The molecule has 1 aromatic carbocycles. The molecule has 3 rings (SSSR count). The Bertz CT molecular complexity index is 913. The van der Waals surface area contributed by atoms with E-state index in [0.29, 0.717) is 27.5 Å². The Labute approximate surface area is 177 Å². The summed E-state index contributed by atoms with van der Waals surface area (Å²) in [5.74, 6) is 2.05. The highest BCUT2D eigenvalue weighted by atomic mass is 32.2. The van der Waals surface area contributed by atoms with Gasteiger partial charge in [-0.2, -0.15) is 0 Å². The van der Waals surface area contributed by atoms with Gasteiger partial charge in [-0.3, -0.25) is 14.6 Å². The third-order valence-corrected chi connectivity index (χ3v) is 6.03. The Hall–Kier alpha value is -2.53. The Morgan fingerprint density at radius 1 is 1.31 bits per heavy atom. The number of nitrogens with zero attached hydrogens (tertiary/aromatic N) is 4. The number of amides is 2. The van der Waals surface area contributed by atoms with E-state index in [2.05, 4.69) is 25.8 Å². The second-order valence-electron chi connectivity index (χ2n) is 6.20. The van der Waals surface area contributed by atoms with Gasteiger partial charge in [-0.25, -0.2) is 0 Å².